The van der Waals surface area contributed by atoms with Gasteiger partial charge in [-0.25, -0.2) is 0 Å². The number of hydrogen-bond donors (Lipinski definition) is 4. The lowest BCUT2D eigenvalue weighted by Crippen LogP contribution is -2.66. The summed E-state index contributed by atoms with van der Waals surface area (Å²) in [6.07, 6.45) is 10.7. The van der Waals surface area contributed by atoms with Gasteiger partial charge in [0, 0.05) is 17.4 Å². The maximum absolute atomic E-state index is 11.3. The third-order valence-corrected chi connectivity index (χ3v) is 13.5. The largest absolute Gasteiger partial charge is 0.396 e. The topological polar surface area (TPSA) is 80.9 Å². The van der Waals surface area contributed by atoms with Crippen LogP contribution in [0.1, 0.15) is 99.3 Å². The average Bonchev–Trinajstić information content (AvgIpc) is 2.79. The Bertz CT molecular complexity index is 870. The zero-order chi connectivity index (χ0) is 24.9. The minimum Gasteiger partial charge on any atom is -0.396 e. The van der Waals surface area contributed by atoms with Crippen molar-refractivity contribution in [3.05, 3.63) is 11.6 Å². The molecule has 5 aliphatic rings. The highest BCUT2D eigenvalue weighted by atomic mass is 16.3. The third kappa shape index (κ3) is 2.92. The number of aliphatic hydroxyl groups excluding tert-OH is 4. The molecule has 4 heteroatoms. The zero-order valence-corrected chi connectivity index (χ0v) is 22.5. The molecule has 0 heterocycles. The molecule has 4 nitrogen and oxygen atoms in total. The molecule has 0 aromatic heterocycles. The zero-order valence-electron chi connectivity index (χ0n) is 22.5. The van der Waals surface area contributed by atoms with Gasteiger partial charge in [-0.1, -0.05) is 53.2 Å². The van der Waals surface area contributed by atoms with Gasteiger partial charge in [-0.15, -0.1) is 0 Å². The Kier molecular flexibility index (Phi) is 5.61. The van der Waals surface area contributed by atoms with Gasteiger partial charge in [-0.05, 0) is 97.2 Å². The van der Waals surface area contributed by atoms with Crippen molar-refractivity contribution in [1.82, 2.24) is 0 Å². The SMILES string of the molecule is CC1(CO)CC(O)C2(C)CCC3(C)C(=CCC4C5(C)CCC(O)C(C)(CO)C5CCC43C)C2C1. The first-order chi connectivity index (χ1) is 15.7. The highest BCUT2D eigenvalue weighted by Gasteiger charge is 2.69. The molecule has 4 N–H and O–H groups in total. The fourth-order valence-corrected chi connectivity index (χ4v) is 10.7. The van der Waals surface area contributed by atoms with Crippen molar-refractivity contribution >= 4 is 0 Å². The van der Waals surface area contributed by atoms with E-state index in [0.29, 0.717) is 24.2 Å². The van der Waals surface area contributed by atoms with E-state index in [2.05, 4.69) is 47.6 Å². The van der Waals surface area contributed by atoms with Crippen LogP contribution in [0.5, 0.6) is 0 Å². The van der Waals surface area contributed by atoms with Gasteiger partial charge >= 0.3 is 0 Å². The second kappa shape index (κ2) is 7.55. The van der Waals surface area contributed by atoms with Gasteiger partial charge in [0.05, 0.1) is 18.8 Å². The van der Waals surface area contributed by atoms with Crippen molar-refractivity contribution in [2.45, 2.75) is 112 Å². The van der Waals surface area contributed by atoms with Crippen molar-refractivity contribution < 1.29 is 20.4 Å². The van der Waals surface area contributed by atoms with Crippen LogP contribution in [0.3, 0.4) is 0 Å². The fourth-order valence-electron chi connectivity index (χ4n) is 10.7. The number of hydrogen-bond acceptors (Lipinski definition) is 4. The Morgan fingerprint density at radius 3 is 2.12 bits per heavy atom. The van der Waals surface area contributed by atoms with Gasteiger partial charge in [0.2, 0.25) is 0 Å². The molecule has 0 radical (unpaired) electrons. The van der Waals surface area contributed by atoms with Crippen molar-refractivity contribution in [2.24, 2.45) is 50.2 Å². The molecule has 5 aliphatic carbocycles. The predicted octanol–water partition coefficient (Wildman–Crippen LogP) is 5.08. The molecule has 11 atom stereocenters. The van der Waals surface area contributed by atoms with Gasteiger partial charge < -0.3 is 20.4 Å². The fraction of sp³-hybridized carbons (Fsp3) is 0.933. The summed E-state index contributed by atoms with van der Waals surface area (Å²) in [6.45, 7) is 14.3. The molecule has 4 fully saturated rings. The molecule has 0 amide bonds. The molecule has 5 rings (SSSR count). The van der Waals surface area contributed by atoms with E-state index in [9.17, 15) is 20.4 Å². The van der Waals surface area contributed by atoms with E-state index in [1.165, 1.54) is 0 Å². The van der Waals surface area contributed by atoms with Gasteiger partial charge in [0.15, 0.2) is 0 Å². The molecule has 4 saturated carbocycles. The highest BCUT2D eigenvalue weighted by Crippen LogP contribution is 2.75. The van der Waals surface area contributed by atoms with Crippen LogP contribution in [0.15, 0.2) is 11.6 Å². The summed E-state index contributed by atoms with van der Waals surface area (Å²) >= 11 is 0. The maximum atomic E-state index is 11.3. The molecule has 0 aromatic carbocycles. The highest BCUT2D eigenvalue weighted by molar-refractivity contribution is 5.34. The lowest BCUT2D eigenvalue weighted by Gasteiger charge is -2.71. The molecule has 34 heavy (non-hydrogen) atoms. The lowest BCUT2D eigenvalue weighted by atomic mass is 9.33. The summed E-state index contributed by atoms with van der Waals surface area (Å²) in [5.74, 6) is 1.20. The summed E-state index contributed by atoms with van der Waals surface area (Å²) in [4.78, 5) is 0. The van der Waals surface area contributed by atoms with Crippen molar-refractivity contribution in [3.63, 3.8) is 0 Å². The minimum atomic E-state index is -0.416. The Labute approximate surface area is 207 Å². The molecule has 0 bridgehead atoms. The molecule has 0 saturated heterocycles. The van der Waals surface area contributed by atoms with Crippen LogP contribution in [-0.2, 0) is 0 Å². The molecule has 11 unspecified atom stereocenters. The molecule has 0 aliphatic heterocycles. The predicted molar refractivity (Wildman–Crippen MR) is 135 cm³/mol. The van der Waals surface area contributed by atoms with Crippen molar-refractivity contribution in [3.8, 4) is 0 Å². The Morgan fingerprint density at radius 1 is 0.765 bits per heavy atom. The molecule has 0 aromatic rings. The van der Waals surface area contributed by atoms with E-state index < -0.39 is 11.5 Å². The van der Waals surface area contributed by atoms with Crippen molar-refractivity contribution in [1.29, 1.82) is 0 Å². The Balaban J connectivity index is 1.58. The van der Waals surface area contributed by atoms with Crippen LogP contribution in [0.4, 0.5) is 0 Å². The Hall–Kier alpha value is -0.420. The van der Waals surface area contributed by atoms with Crippen LogP contribution < -0.4 is 0 Å². The quantitative estimate of drug-likeness (QED) is 0.421. The third-order valence-electron chi connectivity index (χ3n) is 13.5. The van der Waals surface area contributed by atoms with Gasteiger partial charge in [0.1, 0.15) is 0 Å². The van der Waals surface area contributed by atoms with Crippen LogP contribution in [0.2, 0.25) is 0 Å². The number of fused-ring (bicyclic) bond motifs is 7. The van der Waals surface area contributed by atoms with Crippen LogP contribution in [0, 0.1) is 50.2 Å². The number of aliphatic hydroxyl groups is 4. The number of rotatable bonds is 2. The number of allylic oxidation sites excluding steroid dienone is 2. The first-order valence-electron chi connectivity index (χ1n) is 14.0. The molecule has 194 valence electrons. The van der Waals surface area contributed by atoms with E-state index in [4.69, 9.17) is 0 Å². The van der Waals surface area contributed by atoms with Crippen LogP contribution in [-0.4, -0.2) is 45.8 Å². The Morgan fingerprint density at radius 2 is 1.47 bits per heavy atom. The molecular weight excluding hydrogens is 424 g/mol. The van der Waals surface area contributed by atoms with Crippen LogP contribution >= 0.6 is 0 Å². The summed E-state index contributed by atoms with van der Waals surface area (Å²) in [6, 6.07) is 0. The standard InChI is InChI=1S/C30H50O4/c1-25(17-31)15-20-19-7-8-22-27(3)11-10-23(33)28(4,18-32)21(27)9-12-30(22,6)29(19,5)14-13-26(20,2)24(34)16-25/h7,20-24,31-34H,8-18H2,1-6H3. The van der Waals surface area contributed by atoms with E-state index >= 15 is 0 Å². The van der Waals surface area contributed by atoms with E-state index in [1.807, 2.05) is 0 Å². The minimum absolute atomic E-state index is 0.0638. The first kappa shape index (κ1) is 25.2. The summed E-state index contributed by atoms with van der Waals surface area (Å²) in [5, 5.41) is 42.9. The molecular formula is C30H50O4. The average molecular weight is 475 g/mol. The lowest BCUT2D eigenvalue weighted by molar-refractivity contribution is -0.219. The second-order valence-electron chi connectivity index (χ2n) is 15.0. The maximum Gasteiger partial charge on any atom is 0.0618 e. The summed E-state index contributed by atoms with van der Waals surface area (Å²) in [7, 11) is 0. The van der Waals surface area contributed by atoms with Gasteiger partial charge in [-0.3, -0.25) is 0 Å². The van der Waals surface area contributed by atoms with E-state index in [0.717, 1.165) is 51.4 Å². The summed E-state index contributed by atoms with van der Waals surface area (Å²) < 4.78 is 0. The van der Waals surface area contributed by atoms with Gasteiger partial charge in [0.25, 0.3) is 0 Å². The smallest absolute Gasteiger partial charge is 0.0618 e. The second-order valence-corrected chi connectivity index (χ2v) is 15.0. The normalized spacial score (nSPS) is 59.2. The van der Waals surface area contributed by atoms with E-state index in [-0.39, 0.29) is 46.4 Å². The van der Waals surface area contributed by atoms with Gasteiger partial charge in [-0.2, -0.15) is 0 Å². The van der Waals surface area contributed by atoms with Crippen molar-refractivity contribution in [2.75, 3.05) is 13.2 Å². The monoisotopic (exact) mass is 474 g/mol. The molecule has 0 spiro atoms. The summed E-state index contributed by atoms with van der Waals surface area (Å²) in [5.41, 5.74) is 1.21. The van der Waals surface area contributed by atoms with Crippen LogP contribution in [0.25, 0.3) is 0 Å². The first-order valence-corrected chi connectivity index (χ1v) is 14.0. The van der Waals surface area contributed by atoms with E-state index in [1.54, 1.807) is 5.57 Å².